The van der Waals surface area contributed by atoms with E-state index in [-0.39, 0.29) is 17.1 Å². The zero-order valence-electron chi connectivity index (χ0n) is 11.3. The van der Waals surface area contributed by atoms with Crippen molar-refractivity contribution in [3.63, 3.8) is 0 Å². The molecule has 0 aliphatic heterocycles. The number of sulfonamides is 1. The Morgan fingerprint density at radius 1 is 1.19 bits per heavy atom. The van der Waals surface area contributed by atoms with Crippen LogP contribution in [0.15, 0.2) is 47.5 Å². The van der Waals surface area contributed by atoms with Crippen molar-refractivity contribution < 1.29 is 18.3 Å². The summed E-state index contributed by atoms with van der Waals surface area (Å²) in [5.41, 5.74) is 1.42. The van der Waals surface area contributed by atoms with Gasteiger partial charge in [0.25, 0.3) is 15.9 Å². The molecule has 2 aromatic rings. The summed E-state index contributed by atoms with van der Waals surface area (Å²) in [6.07, 6.45) is 1.21. The van der Waals surface area contributed by atoms with Crippen molar-refractivity contribution in [1.82, 2.24) is 9.71 Å². The fraction of sp³-hybridized carbons (Fsp3) is 0.143. The highest BCUT2D eigenvalue weighted by Gasteiger charge is 2.18. The van der Waals surface area contributed by atoms with Gasteiger partial charge < -0.3 is 5.11 Å². The largest absolute Gasteiger partial charge is 0.390 e. The SMILES string of the molecule is Cc1ccc(S(=O)(=O)NC(=O)c2ccc(CO)nc2)cc1. The molecular formula is C14H14N2O4S. The number of nitrogens with zero attached hydrogens (tertiary/aromatic N) is 1. The first-order chi connectivity index (χ1) is 9.92. The number of rotatable bonds is 4. The second kappa shape index (κ2) is 6.02. The maximum absolute atomic E-state index is 12.1. The van der Waals surface area contributed by atoms with E-state index in [9.17, 15) is 13.2 Å². The third-order valence-corrected chi connectivity index (χ3v) is 4.15. The lowest BCUT2D eigenvalue weighted by molar-refractivity contribution is 0.0981. The van der Waals surface area contributed by atoms with Gasteiger partial charge in [-0.25, -0.2) is 13.1 Å². The molecule has 1 aromatic heterocycles. The Hall–Kier alpha value is -2.25. The summed E-state index contributed by atoms with van der Waals surface area (Å²) in [5.74, 6) is -0.771. The highest BCUT2D eigenvalue weighted by molar-refractivity contribution is 7.90. The molecule has 0 spiro atoms. The minimum atomic E-state index is -3.92. The van der Waals surface area contributed by atoms with Crippen LogP contribution in [0.1, 0.15) is 21.6 Å². The topological polar surface area (TPSA) is 96.4 Å². The molecule has 1 amide bonds. The van der Waals surface area contributed by atoms with E-state index >= 15 is 0 Å². The van der Waals surface area contributed by atoms with Crippen molar-refractivity contribution in [2.75, 3.05) is 0 Å². The number of aliphatic hydroxyl groups is 1. The summed E-state index contributed by atoms with van der Waals surface area (Å²) in [6, 6.07) is 9.01. The van der Waals surface area contributed by atoms with Crippen molar-refractivity contribution in [2.45, 2.75) is 18.4 Å². The second-order valence-corrected chi connectivity index (χ2v) is 6.13. The monoisotopic (exact) mass is 306 g/mol. The lowest BCUT2D eigenvalue weighted by atomic mass is 10.2. The summed E-state index contributed by atoms with van der Waals surface area (Å²) < 4.78 is 26.1. The Kier molecular flexibility index (Phi) is 4.35. The third-order valence-electron chi connectivity index (χ3n) is 2.81. The number of amides is 1. The van der Waals surface area contributed by atoms with Crippen LogP contribution in [-0.2, 0) is 16.6 Å². The van der Waals surface area contributed by atoms with Gasteiger partial charge in [0.15, 0.2) is 0 Å². The summed E-state index contributed by atoms with van der Waals surface area (Å²) in [4.78, 5) is 15.7. The van der Waals surface area contributed by atoms with Crippen molar-refractivity contribution in [3.8, 4) is 0 Å². The maximum Gasteiger partial charge on any atom is 0.266 e. The molecule has 2 N–H and O–H groups in total. The van der Waals surface area contributed by atoms with E-state index in [2.05, 4.69) is 4.98 Å². The fourth-order valence-electron chi connectivity index (χ4n) is 1.61. The molecule has 0 aliphatic carbocycles. The number of aliphatic hydroxyl groups excluding tert-OH is 1. The molecule has 110 valence electrons. The van der Waals surface area contributed by atoms with Gasteiger partial charge in [0.1, 0.15) is 0 Å². The van der Waals surface area contributed by atoms with E-state index in [0.29, 0.717) is 5.69 Å². The van der Waals surface area contributed by atoms with Crippen LogP contribution in [0.25, 0.3) is 0 Å². The quantitative estimate of drug-likeness (QED) is 0.878. The molecule has 0 atom stereocenters. The normalized spacial score (nSPS) is 11.1. The molecule has 0 unspecified atom stereocenters. The first kappa shape index (κ1) is 15.1. The summed E-state index contributed by atoms with van der Waals surface area (Å²) >= 11 is 0. The molecule has 0 saturated carbocycles. The highest BCUT2D eigenvalue weighted by atomic mass is 32.2. The van der Waals surface area contributed by atoms with Crippen LogP contribution in [0.3, 0.4) is 0 Å². The van der Waals surface area contributed by atoms with Gasteiger partial charge in [-0.05, 0) is 31.2 Å². The first-order valence-electron chi connectivity index (χ1n) is 6.12. The van der Waals surface area contributed by atoms with Crippen LogP contribution in [-0.4, -0.2) is 24.4 Å². The molecule has 1 aromatic carbocycles. The van der Waals surface area contributed by atoms with E-state index in [0.717, 1.165) is 5.56 Å². The number of aryl methyl sites for hydroxylation is 1. The van der Waals surface area contributed by atoms with Crippen LogP contribution in [0.2, 0.25) is 0 Å². The van der Waals surface area contributed by atoms with E-state index in [1.165, 1.54) is 30.5 Å². The molecule has 0 bridgehead atoms. The van der Waals surface area contributed by atoms with Gasteiger partial charge in [-0.2, -0.15) is 0 Å². The van der Waals surface area contributed by atoms with Crippen LogP contribution < -0.4 is 4.72 Å². The Balaban J connectivity index is 2.19. The number of hydrogen-bond acceptors (Lipinski definition) is 5. The van der Waals surface area contributed by atoms with Gasteiger partial charge in [0.2, 0.25) is 0 Å². The summed E-state index contributed by atoms with van der Waals surface area (Å²) in [7, 11) is -3.92. The zero-order valence-corrected chi connectivity index (χ0v) is 12.1. The number of nitrogens with one attached hydrogen (secondary N) is 1. The fourth-order valence-corrected chi connectivity index (χ4v) is 2.58. The Labute approximate surface area is 122 Å². The van der Waals surface area contributed by atoms with Gasteiger partial charge in [-0.15, -0.1) is 0 Å². The number of pyridine rings is 1. The van der Waals surface area contributed by atoms with Gasteiger partial charge in [0, 0.05) is 6.20 Å². The first-order valence-corrected chi connectivity index (χ1v) is 7.60. The van der Waals surface area contributed by atoms with Gasteiger partial charge in [0.05, 0.1) is 22.8 Å². The number of hydrogen-bond donors (Lipinski definition) is 2. The van der Waals surface area contributed by atoms with Crippen molar-refractivity contribution in [2.24, 2.45) is 0 Å². The number of benzene rings is 1. The predicted molar refractivity (Wildman–Crippen MR) is 76.0 cm³/mol. The lowest BCUT2D eigenvalue weighted by Crippen LogP contribution is -2.30. The smallest absolute Gasteiger partial charge is 0.266 e. The van der Waals surface area contributed by atoms with Crippen LogP contribution in [0, 0.1) is 6.92 Å². The van der Waals surface area contributed by atoms with Gasteiger partial charge >= 0.3 is 0 Å². The minimum absolute atomic E-state index is 0.0152. The maximum atomic E-state index is 12.1. The molecule has 0 saturated heterocycles. The highest BCUT2D eigenvalue weighted by Crippen LogP contribution is 2.11. The van der Waals surface area contributed by atoms with Crippen LogP contribution in [0.5, 0.6) is 0 Å². The van der Waals surface area contributed by atoms with Crippen LogP contribution >= 0.6 is 0 Å². The lowest BCUT2D eigenvalue weighted by Gasteiger charge is -2.07. The average molecular weight is 306 g/mol. The standard InChI is InChI=1S/C14H14N2O4S/c1-10-2-6-13(7-3-10)21(19,20)16-14(18)11-4-5-12(9-17)15-8-11/h2-8,17H,9H2,1H3,(H,16,18). The molecule has 0 aliphatic rings. The zero-order chi connectivity index (χ0) is 15.5. The van der Waals surface area contributed by atoms with Crippen LogP contribution in [0.4, 0.5) is 0 Å². The van der Waals surface area contributed by atoms with Crippen molar-refractivity contribution in [1.29, 1.82) is 0 Å². The van der Waals surface area contributed by atoms with E-state index in [1.807, 2.05) is 11.6 Å². The third kappa shape index (κ3) is 3.65. The minimum Gasteiger partial charge on any atom is -0.390 e. The van der Waals surface area contributed by atoms with E-state index in [4.69, 9.17) is 5.11 Å². The molecule has 0 fully saturated rings. The number of carbonyl (C=O) groups is 1. The van der Waals surface area contributed by atoms with E-state index < -0.39 is 15.9 Å². The Bertz CT molecular complexity index is 738. The molecule has 21 heavy (non-hydrogen) atoms. The molecule has 2 rings (SSSR count). The predicted octanol–water partition coefficient (Wildman–Crippen LogP) is 1.00. The average Bonchev–Trinajstić information content (AvgIpc) is 2.47. The molecule has 6 nitrogen and oxygen atoms in total. The van der Waals surface area contributed by atoms with E-state index in [1.54, 1.807) is 12.1 Å². The van der Waals surface area contributed by atoms with Gasteiger partial charge in [-0.3, -0.25) is 9.78 Å². The Morgan fingerprint density at radius 3 is 2.38 bits per heavy atom. The molecular weight excluding hydrogens is 292 g/mol. The summed E-state index contributed by atoms with van der Waals surface area (Å²) in [5, 5.41) is 8.87. The van der Waals surface area contributed by atoms with Crippen molar-refractivity contribution >= 4 is 15.9 Å². The van der Waals surface area contributed by atoms with Crippen molar-refractivity contribution in [3.05, 3.63) is 59.4 Å². The molecule has 0 radical (unpaired) electrons. The van der Waals surface area contributed by atoms with Gasteiger partial charge in [-0.1, -0.05) is 17.7 Å². The molecule has 7 heteroatoms. The molecule has 1 heterocycles. The number of carbonyl (C=O) groups excluding carboxylic acids is 1. The second-order valence-electron chi connectivity index (χ2n) is 4.44. The summed E-state index contributed by atoms with van der Waals surface area (Å²) in [6.45, 7) is 1.59. The number of aromatic nitrogens is 1. The Morgan fingerprint density at radius 2 is 1.86 bits per heavy atom.